The molecule has 0 aliphatic heterocycles. The fourth-order valence-corrected chi connectivity index (χ4v) is 0.862. The number of rotatable bonds is 2. The quantitative estimate of drug-likeness (QED) is 0.464. The van der Waals surface area contributed by atoms with Crippen LogP contribution in [-0.2, 0) is 6.18 Å². The van der Waals surface area contributed by atoms with E-state index < -0.39 is 17.5 Å². The molecule has 0 amide bonds. The number of hydrogen-bond donors (Lipinski definition) is 2. The lowest BCUT2D eigenvalue weighted by Gasteiger charge is -2.02. The second-order valence-electron chi connectivity index (χ2n) is 2.43. The van der Waals surface area contributed by atoms with E-state index in [0.29, 0.717) is 0 Å². The van der Waals surface area contributed by atoms with Crippen molar-refractivity contribution in [3.8, 4) is 0 Å². The third-order valence-electron chi connectivity index (χ3n) is 1.36. The molecular formula is C7H6F3N3OS. The third-order valence-corrected chi connectivity index (χ3v) is 1.45. The molecule has 4 nitrogen and oxygen atoms in total. The van der Waals surface area contributed by atoms with Crippen molar-refractivity contribution in [2.45, 2.75) is 6.18 Å². The topological polar surface area (TPSA) is 63.5 Å². The minimum absolute atomic E-state index is 0.147. The van der Waals surface area contributed by atoms with Crippen molar-refractivity contribution in [2.24, 2.45) is 10.8 Å². The molecule has 3 N–H and O–H groups in total. The first-order valence-electron chi connectivity index (χ1n) is 3.64. The van der Waals surface area contributed by atoms with E-state index in [1.54, 1.807) is 0 Å². The van der Waals surface area contributed by atoms with E-state index in [1.807, 2.05) is 0 Å². The highest BCUT2D eigenvalue weighted by atomic mass is 32.1. The number of nitrogens with zero attached hydrogens (tertiary/aromatic N) is 1. The van der Waals surface area contributed by atoms with Crippen LogP contribution in [0.15, 0.2) is 21.8 Å². The largest absolute Gasteiger partial charge is 0.463 e. The minimum atomic E-state index is -4.47. The smallest absolute Gasteiger partial charge is 0.420 e. The molecule has 0 aliphatic carbocycles. The summed E-state index contributed by atoms with van der Waals surface area (Å²) in [5.74, 6) is -0.411. The van der Waals surface area contributed by atoms with E-state index in [1.165, 1.54) is 0 Å². The number of nitrogens with two attached hydrogens (primary N) is 1. The summed E-state index contributed by atoms with van der Waals surface area (Å²) in [5, 5.41) is 3.21. The molecule has 0 spiro atoms. The van der Waals surface area contributed by atoms with Crippen molar-refractivity contribution in [1.82, 2.24) is 5.43 Å². The summed E-state index contributed by atoms with van der Waals surface area (Å²) in [4.78, 5) is 0. The molecule has 1 rings (SSSR count). The summed E-state index contributed by atoms with van der Waals surface area (Å²) < 4.78 is 41.4. The van der Waals surface area contributed by atoms with Crippen molar-refractivity contribution in [3.05, 3.63) is 23.7 Å². The van der Waals surface area contributed by atoms with Crippen LogP contribution < -0.4 is 11.2 Å². The Bertz CT molecular complexity index is 385. The van der Waals surface area contributed by atoms with Crippen LogP contribution in [0.3, 0.4) is 0 Å². The van der Waals surface area contributed by atoms with Gasteiger partial charge in [-0.2, -0.15) is 18.3 Å². The molecule has 0 aromatic carbocycles. The molecule has 0 unspecified atom stereocenters. The van der Waals surface area contributed by atoms with E-state index in [9.17, 15) is 13.2 Å². The lowest BCUT2D eigenvalue weighted by Crippen LogP contribution is -2.24. The number of hydrogen-bond acceptors (Lipinski definition) is 3. The van der Waals surface area contributed by atoms with Crippen LogP contribution in [0, 0.1) is 0 Å². The molecule has 1 heterocycles. The molecule has 0 aliphatic rings. The maximum atomic E-state index is 12.3. The highest BCUT2D eigenvalue weighted by Gasteiger charge is 2.34. The van der Waals surface area contributed by atoms with Crippen molar-refractivity contribution < 1.29 is 17.6 Å². The molecule has 0 atom stereocenters. The van der Waals surface area contributed by atoms with Gasteiger partial charge < -0.3 is 10.2 Å². The zero-order valence-electron chi connectivity index (χ0n) is 7.21. The molecule has 1 aromatic heterocycles. The Balaban J connectivity index is 2.83. The molecule has 15 heavy (non-hydrogen) atoms. The molecule has 0 radical (unpaired) electrons. The predicted octanol–water partition coefficient (Wildman–Crippen LogP) is 1.47. The second kappa shape index (κ2) is 4.30. The van der Waals surface area contributed by atoms with Crippen LogP contribution in [0.4, 0.5) is 13.2 Å². The summed E-state index contributed by atoms with van der Waals surface area (Å²) in [6.07, 6.45) is -2.70. The van der Waals surface area contributed by atoms with Crippen LogP contribution in [-0.4, -0.2) is 11.3 Å². The van der Waals surface area contributed by atoms with Crippen LogP contribution >= 0.6 is 12.2 Å². The Kier molecular flexibility index (Phi) is 3.30. The van der Waals surface area contributed by atoms with Crippen molar-refractivity contribution >= 4 is 23.5 Å². The molecule has 0 fully saturated rings. The fraction of sp³-hybridized carbons (Fsp3) is 0.143. The van der Waals surface area contributed by atoms with Gasteiger partial charge in [0.25, 0.3) is 0 Å². The molecule has 8 heteroatoms. The number of halogens is 3. The average Bonchev–Trinajstić information content (AvgIpc) is 2.50. The first-order chi connectivity index (χ1) is 6.91. The number of hydrazone groups is 1. The zero-order chi connectivity index (χ0) is 11.5. The maximum Gasteiger partial charge on any atom is 0.420 e. The Morgan fingerprint density at radius 1 is 1.60 bits per heavy atom. The van der Waals surface area contributed by atoms with Gasteiger partial charge in [-0.15, -0.1) is 0 Å². The number of furan rings is 1. The van der Waals surface area contributed by atoms with Gasteiger partial charge >= 0.3 is 6.18 Å². The molecule has 0 saturated carbocycles. The van der Waals surface area contributed by atoms with Crippen LogP contribution in [0.2, 0.25) is 0 Å². The molecular weight excluding hydrogens is 231 g/mol. The number of nitrogens with one attached hydrogen (secondary N) is 1. The summed E-state index contributed by atoms with van der Waals surface area (Å²) in [6, 6.07) is 0.808. The van der Waals surface area contributed by atoms with Gasteiger partial charge in [0.05, 0.1) is 12.5 Å². The second-order valence-corrected chi connectivity index (χ2v) is 2.87. The van der Waals surface area contributed by atoms with Gasteiger partial charge in [-0.3, -0.25) is 5.43 Å². The number of thiocarbonyl (C=S) groups is 1. The van der Waals surface area contributed by atoms with E-state index in [-0.39, 0.29) is 5.11 Å². The normalized spacial score (nSPS) is 11.9. The highest BCUT2D eigenvalue weighted by Crippen LogP contribution is 2.31. The zero-order valence-corrected chi connectivity index (χ0v) is 8.02. The highest BCUT2D eigenvalue weighted by molar-refractivity contribution is 7.80. The molecule has 1 aromatic rings. The Morgan fingerprint density at radius 2 is 2.27 bits per heavy atom. The van der Waals surface area contributed by atoms with Gasteiger partial charge in [0.15, 0.2) is 10.9 Å². The standard InChI is InChI=1S/C7H6F3N3OS/c8-7(9,10)4-1-2-14-5(4)3-12-13-6(11)15/h1-3H,(H3,11,13,15). The fourth-order valence-electron chi connectivity index (χ4n) is 0.810. The summed E-state index contributed by atoms with van der Waals surface area (Å²) in [6.45, 7) is 0. The van der Waals surface area contributed by atoms with Gasteiger partial charge in [-0.05, 0) is 18.3 Å². The Hall–Kier alpha value is -1.57. The number of alkyl halides is 3. The summed E-state index contributed by atoms with van der Waals surface area (Å²) >= 11 is 4.40. The van der Waals surface area contributed by atoms with Crippen LogP contribution in [0.5, 0.6) is 0 Å². The average molecular weight is 237 g/mol. The van der Waals surface area contributed by atoms with E-state index in [2.05, 4.69) is 27.2 Å². The monoisotopic (exact) mass is 237 g/mol. The third kappa shape index (κ3) is 3.24. The Labute approximate surface area is 87.9 Å². The van der Waals surface area contributed by atoms with E-state index in [4.69, 9.17) is 5.73 Å². The summed E-state index contributed by atoms with van der Waals surface area (Å²) in [7, 11) is 0. The van der Waals surface area contributed by atoms with Gasteiger partial charge in [0.2, 0.25) is 0 Å². The minimum Gasteiger partial charge on any atom is -0.463 e. The first kappa shape index (κ1) is 11.5. The van der Waals surface area contributed by atoms with Gasteiger partial charge in [-0.25, -0.2) is 0 Å². The Morgan fingerprint density at radius 3 is 2.80 bits per heavy atom. The van der Waals surface area contributed by atoms with Crippen LogP contribution in [0.25, 0.3) is 0 Å². The molecule has 0 saturated heterocycles. The van der Waals surface area contributed by atoms with E-state index >= 15 is 0 Å². The van der Waals surface area contributed by atoms with Crippen molar-refractivity contribution in [3.63, 3.8) is 0 Å². The SMILES string of the molecule is NC(=S)NN=Cc1occc1C(F)(F)F. The predicted molar refractivity (Wildman–Crippen MR) is 51.2 cm³/mol. The summed E-state index contributed by atoms with van der Waals surface area (Å²) in [5.41, 5.74) is 6.22. The lowest BCUT2D eigenvalue weighted by molar-refractivity contribution is -0.138. The van der Waals surface area contributed by atoms with Gasteiger partial charge in [0.1, 0.15) is 5.56 Å². The maximum absolute atomic E-state index is 12.3. The lowest BCUT2D eigenvalue weighted by atomic mass is 10.2. The first-order valence-corrected chi connectivity index (χ1v) is 4.05. The van der Waals surface area contributed by atoms with Crippen molar-refractivity contribution in [2.75, 3.05) is 0 Å². The molecule has 82 valence electrons. The van der Waals surface area contributed by atoms with E-state index in [0.717, 1.165) is 18.5 Å². The van der Waals surface area contributed by atoms with Crippen molar-refractivity contribution in [1.29, 1.82) is 0 Å². The van der Waals surface area contributed by atoms with Gasteiger partial charge in [0, 0.05) is 0 Å². The van der Waals surface area contributed by atoms with Crippen LogP contribution in [0.1, 0.15) is 11.3 Å². The molecule has 0 bridgehead atoms. The van der Waals surface area contributed by atoms with Gasteiger partial charge in [-0.1, -0.05) is 0 Å².